The summed E-state index contributed by atoms with van der Waals surface area (Å²) in [5.41, 5.74) is 0.863. The molecule has 138 valence electrons. The van der Waals surface area contributed by atoms with Crippen molar-refractivity contribution in [3.63, 3.8) is 0 Å². The molecule has 1 amide bonds. The predicted octanol–water partition coefficient (Wildman–Crippen LogP) is 4.94. The summed E-state index contributed by atoms with van der Waals surface area (Å²) in [6.07, 6.45) is 1.14. The van der Waals surface area contributed by atoms with Crippen molar-refractivity contribution in [2.45, 2.75) is 45.0 Å². The van der Waals surface area contributed by atoms with Gasteiger partial charge in [0.05, 0.1) is 16.7 Å². The lowest BCUT2D eigenvalue weighted by atomic mass is 10.1. The van der Waals surface area contributed by atoms with Gasteiger partial charge in [-0.2, -0.15) is 0 Å². The van der Waals surface area contributed by atoms with Crippen LogP contribution in [0, 0.1) is 5.92 Å². The molecule has 4 nitrogen and oxygen atoms in total. The van der Waals surface area contributed by atoms with Crippen molar-refractivity contribution < 1.29 is 14.3 Å². The molecule has 0 saturated carbocycles. The van der Waals surface area contributed by atoms with Crippen LogP contribution in [-0.4, -0.2) is 35.2 Å². The van der Waals surface area contributed by atoms with Gasteiger partial charge in [0.15, 0.2) is 0 Å². The second kappa shape index (κ2) is 9.15. The first-order valence-electron chi connectivity index (χ1n) is 8.39. The summed E-state index contributed by atoms with van der Waals surface area (Å²) in [4.78, 5) is 26.9. The molecule has 2 atom stereocenters. The highest BCUT2D eigenvalue weighted by Gasteiger charge is 2.43. The van der Waals surface area contributed by atoms with Crippen LogP contribution in [0.1, 0.15) is 44.6 Å². The van der Waals surface area contributed by atoms with Gasteiger partial charge in [-0.3, -0.25) is 4.79 Å². The highest BCUT2D eigenvalue weighted by molar-refractivity contribution is 7.99. The van der Waals surface area contributed by atoms with Crippen molar-refractivity contribution in [2.75, 3.05) is 12.4 Å². The van der Waals surface area contributed by atoms with E-state index < -0.39 is 6.04 Å². The molecule has 0 bridgehead atoms. The molecule has 0 radical (unpaired) electrons. The van der Waals surface area contributed by atoms with Crippen molar-refractivity contribution in [1.29, 1.82) is 0 Å². The fourth-order valence-corrected chi connectivity index (χ4v) is 4.40. The molecule has 1 aromatic carbocycles. The van der Waals surface area contributed by atoms with Crippen molar-refractivity contribution in [3.05, 3.63) is 33.8 Å². The van der Waals surface area contributed by atoms with Crippen LogP contribution in [0.25, 0.3) is 0 Å². The topological polar surface area (TPSA) is 46.6 Å². The summed E-state index contributed by atoms with van der Waals surface area (Å²) in [6.45, 7) is 6.28. The smallest absolute Gasteiger partial charge is 0.329 e. The monoisotopic (exact) mass is 403 g/mol. The molecule has 25 heavy (non-hydrogen) atoms. The van der Waals surface area contributed by atoms with Crippen LogP contribution in [0.15, 0.2) is 18.2 Å². The number of hydrogen-bond donors (Lipinski definition) is 0. The molecular formula is C18H23Cl2NO3S. The summed E-state index contributed by atoms with van der Waals surface area (Å²) >= 11 is 13.7. The van der Waals surface area contributed by atoms with Crippen LogP contribution in [-0.2, 0) is 14.3 Å². The van der Waals surface area contributed by atoms with Crippen molar-refractivity contribution in [1.82, 2.24) is 4.90 Å². The standard InChI is InChI=1S/C18H23Cl2NO3S/c1-4-7-24-18(23)15-10-25-17(21(15)16(22)8-11(2)3)12-5-6-13(19)14(20)9-12/h5-6,9,11,15,17H,4,7-8,10H2,1-3H3. The highest BCUT2D eigenvalue weighted by atomic mass is 35.5. The van der Waals surface area contributed by atoms with Crippen molar-refractivity contribution in [2.24, 2.45) is 5.92 Å². The number of nitrogens with zero attached hydrogens (tertiary/aromatic N) is 1. The van der Waals surface area contributed by atoms with E-state index in [1.54, 1.807) is 28.8 Å². The third-order valence-corrected chi connectivity index (χ3v) is 5.88. The molecule has 1 fully saturated rings. The molecule has 0 spiro atoms. The molecule has 1 aromatic rings. The van der Waals surface area contributed by atoms with E-state index in [-0.39, 0.29) is 23.2 Å². The molecule has 1 aliphatic heterocycles. The van der Waals surface area contributed by atoms with Gasteiger partial charge in [0.2, 0.25) is 5.91 Å². The Kier molecular flexibility index (Phi) is 7.47. The average Bonchev–Trinajstić information content (AvgIpc) is 2.99. The molecule has 1 aliphatic rings. The summed E-state index contributed by atoms with van der Waals surface area (Å²) in [6, 6.07) is 4.76. The van der Waals surface area contributed by atoms with Gasteiger partial charge in [0.1, 0.15) is 11.4 Å². The van der Waals surface area contributed by atoms with Crippen LogP contribution < -0.4 is 0 Å². The second-order valence-corrected chi connectivity index (χ2v) is 8.37. The van der Waals surface area contributed by atoms with E-state index >= 15 is 0 Å². The predicted molar refractivity (Wildman–Crippen MR) is 103 cm³/mol. The van der Waals surface area contributed by atoms with E-state index in [9.17, 15) is 9.59 Å². The number of esters is 1. The number of halogens is 2. The maximum absolute atomic E-state index is 12.8. The molecular weight excluding hydrogens is 381 g/mol. The first-order valence-corrected chi connectivity index (χ1v) is 10.2. The summed E-state index contributed by atoms with van der Waals surface area (Å²) in [5.74, 6) is 0.334. The Balaban J connectivity index is 2.29. The zero-order chi connectivity index (χ0) is 18.6. The Hall–Kier alpha value is -0.910. The van der Waals surface area contributed by atoms with Crippen molar-refractivity contribution in [3.8, 4) is 0 Å². The van der Waals surface area contributed by atoms with Crippen LogP contribution >= 0.6 is 35.0 Å². The lowest BCUT2D eigenvalue weighted by Gasteiger charge is -2.29. The van der Waals surface area contributed by atoms with Gasteiger partial charge in [0, 0.05) is 12.2 Å². The third-order valence-electron chi connectivity index (χ3n) is 3.82. The minimum Gasteiger partial charge on any atom is -0.464 e. The van der Waals surface area contributed by atoms with E-state index in [0.717, 1.165) is 12.0 Å². The Morgan fingerprint density at radius 1 is 1.32 bits per heavy atom. The fourth-order valence-electron chi connectivity index (χ4n) is 2.67. The maximum atomic E-state index is 12.8. The highest BCUT2D eigenvalue weighted by Crippen LogP contribution is 2.43. The molecule has 0 N–H and O–H groups in total. The van der Waals surface area contributed by atoms with Gasteiger partial charge >= 0.3 is 5.97 Å². The lowest BCUT2D eigenvalue weighted by molar-refractivity contribution is -0.154. The Bertz CT molecular complexity index is 639. The lowest BCUT2D eigenvalue weighted by Crippen LogP contribution is -2.44. The Morgan fingerprint density at radius 3 is 2.64 bits per heavy atom. The normalized spacial score (nSPS) is 20.2. The van der Waals surface area contributed by atoms with Gasteiger partial charge in [-0.1, -0.05) is 50.0 Å². The molecule has 2 rings (SSSR count). The minimum atomic E-state index is -0.567. The number of hydrogen-bond acceptors (Lipinski definition) is 4. The quantitative estimate of drug-likeness (QED) is 0.631. The SMILES string of the molecule is CCCOC(=O)C1CSC(c2ccc(Cl)c(Cl)c2)N1C(=O)CC(C)C. The molecule has 1 saturated heterocycles. The van der Waals surface area contributed by atoms with Crippen molar-refractivity contribution >= 4 is 46.8 Å². The summed E-state index contributed by atoms with van der Waals surface area (Å²) < 4.78 is 5.29. The zero-order valence-electron chi connectivity index (χ0n) is 14.6. The van der Waals surface area contributed by atoms with Crippen LogP contribution in [0.5, 0.6) is 0 Å². The molecule has 2 unspecified atom stereocenters. The van der Waals surface area contributed by atoms with Crippen LogP contribution in [0.4, 0.5) is 0 Å². The van der Waals surface area contributed by atoms with E-state index in [1.807, 2.05) is 26.8 Å². The van der Waals surface area contributed by atoms with Gasteiger partial charge in [0.25, 0.3) is 0 Å². The maximum Gasteiger partial charge on any atom is 0.329 e. The number of benzene rings is 1. The molecule has 7 heteroatoms. The molecule has 0 aromatic heterocycles. The minimum absolute atomic E-state index is 0.0467. The zero-order valence-corrected chi connectivity index (χ0v) is 17.0. The molecule has 0 aliphatic carbocycles. The van der Waals surface area contributed by atoms with Gasteiger partial charge in [-0.05, 0) is 30.0 Å². The van der Waals surface area contributed by atoms with E-state index in [1.165, 1.54) is 0 Å². The van der Waals surface area contributed by atoms with E-state index in [4.69, 9.17) is 27.9 Å². The number of amides is 1. The van der Waals surface area contributed by atoms with Gasteiger partial charge < -0.3 is 9.64 Å². The van der Waals surface area contributed by atoms with E-state index in [2.05, 4.69) is 0 Å². The van der Waals surface area contributed by atoms with Gasteiger partial charge in [-0.25, -0.2) is 4.79 Å². The molecule has 1 heterocycles. The first kappa shape index (κ1) is 20.4. The summed E-state index contributed by atoms with van der Waals surface area (Å²) in [5, 5.41) is 0.639. The average molecular weight is 404 g/mol. The fraction of sp³-hybridized carbons (Fsp3) is 0.556. The first-order chi connectivity index (χ1) is 11.8. The van der Waals surface area contributed by atoms with Crippen LogP contribution in [0.2, 0.25) is 10.0 Å². The number of rotatable bonds is 6. The second-order valence-electron chi connectivity index (χ2n) is 6.44. The Labute approximate surface area is 163 Å². The van der Waals surface area contributed by atoms with Gasteiger partial charge in [-0.15, -0.1) is 11.8 Å². The van der Waals surface area contributed by atoms with Crippen LogP contribution in [0.3, 0.4) is 0 Å². The third kappa shape index (κ3) is 5.05. The number of carbonyl (C=O) groups is 2. The Morgan fingerprint density at radius 2 is 2.04 bits per heavy atom. The number of carbonyl (C=O) groups excluding carboxylic acids is 2. The number of ether oxygens (including phenoxy) is 1. The largest absolute Gasteiger partial charge is 0.464 e. The van der Waals surface area contributed by atoms with E-state index in [0.29, 0.717) is 28.8 Å². The summed E-state index contributed by atoms with van der Waals surface area (Å²) in [7, 11) is 0. The number of thioether (sulfide) groups is 1.